The molecule has 0 aliphatic carbocycles. The van der Waals surface area contributed by atoms with Gasteiger partial charge in [0.2, 0.25) is 10.0 Å². The number of hydrogen-bond acceptors (Lipinski definition) is 4. The van der Waals surface area contributed by atoms with Crippen LogP contribution in [0, 0.1) is 12.7 Å². The molecule has 0 aliphatic heterocycles. The summed E-state index contributed by atoms with van der Waals surface area (Å²) < 4.78 is 43.4. The summed E-state index contributed by atoms with van der Waals surface area (Å²) in [5.41, 5.74) is 1.78. The zero-order valence-corrected chi connectivity index (χ0v) is 19.7. The number of halogens is 1. The van der Waals surface area contributed by atoms with Crippen LogP contribution in [0.15, 0.2) is 65.6 Å². The van der Waals surface area contributed by atoms with Gasteiger partial charge >= 0.3 is 0 Å². The number of aromatic amines is 1. The third-order valence-corrected chi connectivity index (χ3v) is 7.37. The van der Waals surface area contributed by atoms with Crippen molar-refractivity contribution in [3.63, 3.8) is 0 Å². The molecule has 4 aromatic rings. The lowest BCUT2D eigenvalue weighted by Gasteiger charge is -2.15. The third kappa shape index (κ3) is 4.26. The standard InChI is InChI=1S/C25H24FN3O4S/c1-15(2)34(32,33)28-25(31)23-22(18-8-6-12-27-24(18)30)19-13-16(3)10-11-21(19)29(23)14-17-7-4-5-9-20(17)26/h4-13,15H,14H2,1-3H3,(H,27,30)(H,28,31). The van der Waals surface area contributed by atoms with Gasteiger partial charge in [-0.2, -0.15) is 0 Å². The molecule has 2 heterocycles. The first-order valence-electron chi connectivity index (χ1n) is 10.7. The molecule has 0 unspecified atom stereocenters. The topological polar surface area (TPSA) is 101 Å². The Balaban J connectivity index is 2.08. The van der Waals surface area contributed by atoms with Crippen LogP contribution in [0.1, 0.15) is 35.5 Å². The van der Waals surface area contributed by atoms with Crippen molar-refractivity contribution in [2.45, 2.75) is 32.6 Å². The number of amides is 1. The summed E-state index contributed by atoms with van der Waals surface area (Å²) in [6.45, 7) is 4.74. The van der Waals surface area contributed by atoms with Crippen LogP contribution < -0.4 is 10.3 Å². The minimum Gasteiger partial charge on any atom is -0.331 e. The first kappa shape index (κ1) is 23.4. The smallest absolute Gasteiger partial charge is 0.282 e. The molecule has 34 heavy (non-hydrogen) atoms. The van der Waals surface area contributed by atoms with Gasteiger partial charge in [-0.15, -0.1) is 0 Å². The van der Waals surface area contributed by atoms with E-state index in [1.54, 1.807) is 41.0 Å². The van der Waals surface area contributed by atoms with Crippen molar-refractivity contribution in [1.29, 1.82) is 0 Å². The summed E-state index contributed by atoms with van der Waals surface area (Å²) in [5, 5.41) is -0.271. The van der Waals surface area contributed by atoms with Crippen LogP contribution in [0.4, 0.5) is 4.39 Å². The van der Waals surface area contributed by atoms with Gasteiger partial charge in [-0.25, -0.2) is 17.5 Å². The summed E-state index contributed by atoms with van der Waals surface area (Å²) in [4.78, 5) is 28.9. The van der Waals surface area contributed by atoms with Gasteiger partial charge in [-0.05, 0) is 51.1 Å². The fourth-order valence-corrected chi connectivity index (χ4v) is 4.44. The molecule has 0 spiro atoms. The van der Waals surface area contributed by atoms with E-state index in [1.807, 2.05) is 19.1 Å². The monoisotopic (exact) mass is 481 g/mol. The molecule has 4 rings (SSSR count). The number of fused-ring (bicyclic) bond motifs is 1. The van der Waals surface area contributed by atoms with E-state index in [2.05, 4.69) is 9.71 Å². The second-order valence-corrected chi connectivity index (χ2v) is 10.6. The lowest BCUT2D eigenvalue weighted by molar-refractivity contribution is 0.0973. The number of benzene rings is 2. The van der Waals surface area contributed by atoms with E-state index >= 15 is 0 Å². The van der Waals surface area contributed by atoms with Crippen LogP contribution in [0.25, 0.3) is 22.0 Å². The highest BCUT2D eigenvalue weighted by molar-refractivity contribution is 7.90. The van der Waals surface area contributed by atoms with Crippen molar-refractivity contribution in [3.05, 3.63) is 93.8 Å². The number of carbonyl (C=O) groups excluding carboxylic acids is 1. The largest absolute Gasteiger partial charge is 0.331 e. The number of pyridine rings is 1. The van der Waals surface area contributed by atoms with Crippen molar-refractivity contribution in [3.8, 4) is 11.1 Å². The van der Waals surface area contributed by atoms with Gasteiger partial charge in [0, 0.05) is 33.8 Å². The van der Waals surface area contributed by atoms with E-state index in [1.165, 1.54) is 26.1 Å². The SMILES string of the molecule is Cc1ccc2c(c1)c(-c1ccc[nH]c1=O)c(C(=O)NS(=O)(=O)C(C)C)n2Cc1ccccc1F. The Morgan fingerprint density at radius 3 is 2.53 bits per heavy atom. The molecule has 0 saturated carbocycles. The van der Waals surface area contributed by atoms with Gasteiger partial charge in [-0.1, -0.05) is 29.8 Å². The molecule has 2 N–H and O–H groups in total. The van der Waals surface area contributed by atoms with Gasteiger partial charge in [0.1, 0.15) is 11.5 Å². The van der Waals surface area contributed by atoms with Crippen LogP contribution in [-0.2, 0) is 16.6 Å². The second-order valence-electron chi connectivity index (χ2n) is 8.36. The van der Waals surface area contributed by atoms with Crippen molar-refractivity contribution in [2.24, 2.45) is 0 Å². The molecule has 0 aliphatic rings. The van der Waals surface area contributed by atoms with Gasteiger partial charge in [0.25, 0.3) is 11.5 Å². The van der Waals surface area contributed by atoms with E-state index in [0.717, 1.165) is 5.56 Å². The van der Waals surface area contributed by atoms with E-state index in [0.29, 0.717) is 16.5 Å². The van der Waals surface area contributed by atoms with Crippen molar-refractivity contribution < 1.29 is 17.6 Å². The number of carbonyl (C=O) groups is 1. The molecule has 0 atom stereocenters. The maximum Gasteiger partial charge on any atom is 0.282 e. The maximum atomic E-state index is 14.6. The summed E-state index contributed by atoms with van der Waals surface area (Å²) in [7, 11) is -3.97. The van der Waals surface area contributed by atoms with Crippen LogP contribution >= 0.6 is 0 Å². The highest BCUT2D eigenvalue weighted by Crippen LogP contribution is 2.35. The molecule has 7 nitrogen and oxygen atoms in total. The average Bonchev–Trinajstić information content (AvgIpc) is 3.08. The number of H-pyrrole nitrogens is 1. The molecule has 0 radical (unpaired) electrons. The number of nitrogens with one attached hydrogen (secondary N) is 2. The normalized spacial score (nSPS) is 11.8. The van der Waals surface area contributed by atoms with Crippen LogP contribution in [0.3, 0.4) is 0 Å². The summed E-state index contributed by atoms with van der Waals surface area (Å²) in [5.74, 6) is -1.35. The minimum atomic E-state index is -3.97. The zero-order chi connectivity index (χ0) is 24.6. The van der Waals surface area contributed by atoms with Crippen molar-refractivity contribution in [1.82, 2.24) is 14.3 Å². The third-order valence-electron chi connectivity index (χ3n) is 5.66. The van der Waals surface area contributed by atoms with Crippen LogP contribution in [-0.4, -0.2) is 29.1 Å². The molecular weight excluding hydrogens is 457 g/mol. The Kier molecular flexibility index (Phi) is 6.14. The van der Waals surface area contributed by atoms with E-state index < -0.39 is 32.6 Å². The molecule has 0 saturated heterocycles. The lowest BCUT2D eigenvalue weighted by atomic mass is 10.0. The molecular formula is C25H24FN3O4S. The Labute approximate surface area is 196 Å². The number of rotatable bonds is 6. The summed E-state index contributed by atoms with van der Waals surface area (Å²) in [6.07, 6.45) is 1.47. The van der Waals surface area contributed by atoms with Crippen molar-refractivity contribution >= 4 is 26.8 Å². The average molecular weight is 482 g/mol. The highest BCUT2D eigenvalue weighted by Gasteiger charge is 2.29. The zero-order valence-electron chi connectivity index (χ0n) is 18.9. The Morgan fingerprint density at radius 2 is 1.85 bits per heavy atom. The lowest BCUT2D eigenvalue weighted by Crippen LogP contribution is -2.37. The number of aromatic nitrogens is 2. The van der Waals surface area contributed by atoms with Gasteiger partial charge in [-0.3, -0.25) is 9.59 Å². The number of hydrogen-bond donors (Lipinski definition) is 2. The molecule has 1 amide bonds. The fraction of sp³-hybridized carbons (Fsp3) is 0.200. The molecule has 2 aromatic carbocycles. The van der Waals surface area contributed by atoms with Crippen LogP contribution in [0.5, 0.6) is 0 Å². The first-order chi connectivity index (χ1) is 16.1. The van der Waals surface area contributed by atoms with E-state index in [4.69, 9.17) is 0 Å². The predicted octanol–water partition coefficient (Wildman–Crippen LogP) is 3.96. The quantitative estimate of drug-likeness (QED) is 0.435. The predicted molar refractivity (Wildman–Crippen MR) is 130 cm³/mol. The Bertz CT molecular complexity index is 1570. The van der Waals surface area contributed by atoms with Crippen molar-refractivity contribution in [2.75, 3.05) is 0 Å². The Hall–Kier alpha value is -3.72. The highest BCUT2D eigenvalue weighted by atomic mass is 32.2. The van der Waals surface area contributed by atoms with Gasteiger partial charge < -0.3 is 9.55 Å². The minimum absolute atomic E-state index is 0.0372. The first-order valence-corrected chi connectivity index (χ1v) is 12.2. The second kappa shape index (κ2) is 8.90. The summed E-state index contributed by atoms with van der Waals surface area (Å²) >= 11 is 0. The van der Waals surface area contributed by atoms with Gasteiger partial charge in [0.15, 0.2) is 0 Å². The number of nitrogens with zero attached hydrogens (tertiary/aromatic N) is 1. The summed E-state index contributed by atoms with van der Waals surface area (Å²) in [6, 6.07) is 14.8. The molecule has 0 fully saturated rings. The van der Waals surface area contributed by atoms with Crippen LogP contribution in [0.2, 0.25) is 0 Å². The number of sulfonamides is 1. The van der Waals surface area contributed by atoms with E-state index in [-0.39, 0.29) is 23.4 Å². The number of aryl methyl sites for hydroxylation is 1. The van der Waals surface area contributed by atoms with Gasteiger partial charge in [0.05, 0.1) is 11.8 Å². The molecule has 2 aromatic heterocycles. The van der Waals surface area contributed by atoms with E-state index in [9.17, 15) is 22.4 Å². The molecule has 176 valence electrons. The Morgan fingerprint density at radius 1 is 1.12 bits per heavy atom. The molecule has 0 bridgehead atoms. The molecule has 9 heteroatoms. The fourth-order valence-electron chi connectivity index (χ4n) is 3.85. The maximum absolute atomic E-state index is 14.6.